The zero-order valence-corrected chi connectivity index (χ0v) is 16.1. The summed E-state index contributed by atoms with van der Waals surface area (Å²) in [6.45, 7) is 0.919. The SMILES string of the molecule is COCC(OC=CC(=O)OC)C(=O)N(Cc1ccccc1)Cc1ccccc1. The lowest BCUT2D eigenvalue weighted by Crippen LogP contribution is -2.41. The lowest BCUT2D eigenvalue weighted by molar-refractivity contribution is -0.145. The van der Waals surface area contributed by atoms with Crippen LogP contribution >= 0.6 is 0 Å². The molecule has 2 aromatic rings. The Labute approximate surface area is 165 Å². The number of carbonyl (C=O) groups is 2. The Hall–Kier alpha value is -3.12. The number of esters is 1. The van der Waals surface area contributed by atoms with Crippen molar-refractivity contribution in [2.24, 2.45) is 0 Å². The van der Waals surface area contributed by atoms with Crippen LogP contribution in [0.25, 0.3) is 0 Å². The first-order valence-electron chi connectivity index (χ1n) is 8.89. The Bertz CT molecular complexity index is 720. The first kappa shape index (κ1) is 21.2. The van der Waals surface area contributed by atoms with E-state index in [4.69, 9.17) is 9.47 Å². The molecule has 0 N–H and O–H groups in total. The van der Waals surface area contributed by atoms with Crippen LogP contribution in [0.5, 0.6) is 0 Å². The predicted octanol–water partition coefficient (Wildman–Crippen LogP) is 2.93. The van der Waals surface area contributed by atoms with Crippen LogP contribution in [0.4, 0.5) is 0 Å². The highest BCUT2D eigenvalue weighted by Gasteiger charge is 2.25. The zero-order valence-electron chi connectivity index (χ0n) is 16.1. The smallest absolute Gasteiger partial charge is 0.333 e. The summed E-state index contributed by atoms with van der Waals surface area (Å²) in [5, 5.41) is 0. The van der Waals surface area contributed by atoms with Crippen LogP contribution in [0.1, 0.15) is 11.1 Å². The van der Waals surface area contributed by atoms with E-state index in [9.17, 15) is 9.59 Å². The molecule has 1 amide bonds. The molecular formula is C22H25NO5. The Morgan fingerprint density at radius 3 is 1.93 bits per heavy atom. The number of rotatable bonds is 10. The summed E-state index contributed by atoms with van der Waals surface area (Å²) in [5.74, 6) is -0.793. The monoisotopic (exact) mass is 383 g/mol. The van der Waals surface area contributed by atoms with E-state index in [2.05, 4.69) is 4.74 Å². The third-order valence-corrected chi connectivity index (χ3v) is 3.99. The van der Waals surface area contributed by atoms with Crippen LogP contribution in [0, 0.1) is 0 Å². The highest BCUT2D eigenvalue weighted by atomic mass is 16.5. The molecule has 2 aromatic carbocycles. The van der Waals surface area contributed by atoms with Crippen molar-refractivity contribution < 1.29 is 23.8 Å². The minimum absolute atomic E-state index is 0.0599. The molecule has 0 radical (unpaired) electrons. The maximum atomic E-state index is 13.2. The van der Waals surface area contributed by atoms with E-state index in [0.29, 0.717) is 13.1 Å². The van der Waals surface area contributed by atoms with Gasteiger partial charge >= 0.3 is 5.97 Å². The van der Waals surface area contributed by atoms with Crippen molar-refractivity contribution >= 4 is 11.9 Å². The van der Waals surface area contributed by atoms with Gasteiger partial charge in [0.2, 0.25) is 0 Å². The standard InChI is InChI=1S/C22H25NO5/c1-26-17-20(28-14-13-21(24)27-2)22(25)23(15-18-9-5-3-6-10-18)16-19-11-7-4-8-12-19/h3-14,20H,15-17H2,1-2H3. The third-order valence-electron chi connectivity index (χ3n) is 3.99. The highest BCUT2D eigenvalue weighted by Crippen LogP contribution is 2.13. The summed E-state index contributed by atoms with van der Waals surface area (Å²) in [6.07, 6.45) is 1.41. The molecule has 1 atom stereocenters. The summed E-state index contributed by atoms with van der Waals surface area (Å²) < 4.78 is 15.1. The van der Waals surface area contributed by atoms with Gasteiger partial charge in [-0.25, -0.2) is 4.79 Å². The van der Waals surface area contributed by atoms with Gasteiger partial charge < -0.3 is 19.1 Å². The molecule has 6 heteroatoms. The van der Waals surface area contributed by atoms with Gasteiger partial charge in [0, 0.05) is 20.2 Å². The molecule has 0 aliphatic rings. The molecule has 6 nitrogen and oxygen atoms in total. The van der Waals surface area contributed by atoms with Crippen LogP contribution in [-0.4, -0.2) is 43.7 Å². The topological polar surface area (TPSA) is 65.1 Å². The lowest BCUT2D eigenvalue weighted by atomic mass is 10.1. The molecule has 0 aromatic heterocycles. The van der Waals surface area contributed by atoms with Gasteiger partial charge in [-0.05, 0) is 11.1 Å². The van der Waals surface area contributed by atoms with Crippen molar-refractivity contribution in [3.63, 3.8) is 0 Å². The molecule has 0 spiro atoms. The highest BCUT2D eigenvalue weighted by molar-refractivity contribution is 5.82. The second-order valence-corrected chi connectivity index (χ2v) is 6.07. The van der Waals surface area contributed by atoms with Crippen molar-refractivity contribution in [1.82, 2.24) is 4.90 Å². The summed E-state index contributed by atoms with van der Waals surface area (Å²) in [7, 11) is 2.76. The van der Waals surface area contributed by atoms with Crippen LogP contribution in [0.3, 0.4) is 0 Å². The first-order valence-corrected chi connectivity index (χ1v) is 8.89. The van der Waals surface area contributed by atoms with Gasteiger partial charge in [0.15, 0.2) is 6.10 Å². The Morgan fingerprint density at radius 2 is 1.46 bits per heavy atom. The fraction of sp³-hybridized carbons (Fsp3) is 0.273. The van der Waals surface area contributed by atoms with Gasteiger partial charge in [0.1, 0.15) is 0 Å². The Morgan fingerprint density at radius 1 is 0.929 bits per heavy atom. The van der Waals surface area contributed by atoms with Crippen molar-refractivity contribution in [3.05, 3.63) is 84.1 Å². The van der Waals surface area contributed by atoms with Gasteiger partial charge in [-0.1, -0.05) is 60.7 Å². The quantitative estimate of drug-likeness (QED) is 0.359. The fourth-order valence-electron chi connectivity index (χ4n) is 2.60. The summed E-state index contributed by atoms with van der Waals surface area (Å²) in [6, 6.07) is 19.5. The maximum absolute atomic E-state index is 13.2. The van der Waals surface area contributed by atoms with E-state index in [1.54, 1.807) is 4.90 Å². The molecule has 0 aliphatic heterocycles. The van der Waals surface area contributed by atoms with E-state index >= 15 is 0 Å². The molecule has 0 saturated carbocycles. The van der Waals surface area contributed by atoms with E-state index in [-0.39, 0.29) is 12.5 Å². The van der Waals surface area contributed by atoms with Crippen molar-refractivity contribution in [2.45, 2.75) is 19.2 Å². The molecule has 0 aliphatic carbocycles. The Balaban J connectivity index is 2.18. The predicted molar refractivity (Wildman–Crippen MR) is 105 cm³/mol. The number of amides is 1. The number of hydrogen-bond acceptors (Lipinski definition) is 5. The summed E-state index contributed by atoms with van der Waals surface area (Å²) in [5.41, 5.74) is 2.01. The normalized spacial score (nSPS) is 11.8. The van der Waals surface area contributed by atoms with Crippen LogP contribution in [0.2, 0.25) is 0 Å². The number of hydrogen-bond donors (Lipinski definition) is 0. The largest absolute Gasteiger partial charge is 0.485 e. The molecule has 28 heavy (non-hydrogen) atoms. The van der Waals surface area contributed by atoms with Crippen LogP contribution in [-0.2, 0) is 36.9 Å². The molecule has 0 fully saturated rings. The molecule has 0 saturated heterocycles. The first-order chi connectivity index (χ1) is 13.6. The second kappa shape index (κ2) is 11.6. The van der Waals surface area contributed by atoms with E-state index in [0.717, 1.165) is 23.5 Å². The maximum Gasteiger partial charge on any atom is 0.333 e. The minimum Gasteiger partial charge on any atom is -0.485 e. The van der Waals surface area contributed by atoms with Gasteiger partial charge in [-0.2, -0.15) is 0 Å². The molecule has 148 valence electrons. The molecule has 1 unspecified atom stereocenters. The van der Waals surface area contributed by atoms with Gasteiger partial charge in [-0.15, -0.1) is 0 Å². The Kier molecular flexibility index (Phi) is 8.75. The zero-order chi connectivity index (χ0) is 20.2. The second-order valence-electron chi connectivity index (χ2n) is 6.07. The summed E-state index contributed by atoms with van der Waals surface area (Å²) >= 11 is 0. The van der Waals surface area contributed by atoms with Gasteiger partial charge in [0.05, 0.1) is 26.1 Å². The van der Waals surface area contributed by atoms with Gasteiger partial charge in [-0.3, -0.25) is 4.79 Å². The van der Waals surface area contributed by atoms with Crippen molar-refractivity contribution in [3.8, 4) is 0 Å². The lowest BCUT2D eigenvalue weighted by Gasteiger charge is -2.27. The van der Waals surface area contributed by atoms with E-state index < -0.39 is 12.1 Å². The average Bonchev–Trinajstić information content (AvgIpc) is 2.73. The van der Waals surface area contributed by atoms with Crippen molar-refractivity contribution in [2.75, 3.05) is 20.8 Å². The number of nitrogens with zero attached hydrogens (tertiary/aromatic N) is 1. The molecule has 2 rings (SSSR count). The molecule has 0 bridgehead atoms. The number of benzene rings is 2. The number of methoxy groups -OCH3 is 2. The van der Waals surface area contributed by atoms with Crippen molar-refractivity contribution in [1.29, 1.82) is 0 Å². The minimum atomic E-state index is -0.877. The fourth-order valence-corrected chi connectivity index (χ4v) is 2.60. The number of ether oxygens (including phenoxy) is 3. The summed E-state index contributed by atoms with van der Waals surface area (Å²) in [4.78, 5) is 26.1. The van der Waals surface area contributed by atoms with E-state index in [1.807, 2.05) is 60.7 Å². The van der Waals surface area contributed by atoms with Crippen LogP contribution < -0.4 is 0 Å². The third kappa shape index (κ3) is 6.89. The van der Waals surface area contributed by atoms with E-state index in [1.165, 1.54) is 14.2 Å². The molecular weight excluding hydrogens is 358 g/mol. The van der Waals surface area contributed by atoms with Gasteiger partial charge in [0.25, 0.3) is 5.91 Å². The number of carbonyl (C=O) groups excluding carboxylic acids is 2. The van der Waals surface area contributed by atoms with Crippen LogP contribution in [0.15, 0.2) is 73.0 Å². The average molecular weight is 383 g/mol. The molecule has 0 heterocycles.